The zero-order valence-corrected chi connectivity index (χ0v) is 16.1. The van der Waals surface area contributed by atoms with Gasteiger partial charge in [0.25, 0.3) is 11.6 Å². The van der Waals surface area contributed by atoms with Crippen molar-refractivity contribution in [3.8, 4) is 0 Å². The molecular formula is C18H17ClN2O5S. The average Bonchev–Trinajstić information content (AvgIpc) is 3.04. The molecule has 0 radical (unpaired) electrons. The van der Waals surface area contributed by atoms with Gasteiger partial charge in [0.2, 0.25) is 0 Å². The highest BCUT2D eigenvalue weighted by Gasteiger charge is 2.24. The van der Waals surface area contributed by atoms with Crippen LogP contribution in [-0.4, -0.2) is 23.4 Å². The van der Waals surface area contributed by atoms with Crippen molar-refractivity contribution in [2.45, 2.75) is 26.2 Å². The van der Waals surface area contributed by atoms with E-state index in [-0.39, 0.29) is 16.4 Å². The third-order valence-electron chi connectivity index (χ3n) is 4.39. The summed E-state index contributed by atoms with van der Waals surface area (Å²) in [6.07, 6.45) is 2.81. The molecule has 1 aliphatic rings. The van der Waals surface area contributed by atoms with Crippen LogP contribution in [0.2, 0.25) is 5.02 Å². The van der Waals surface area contributed by atoms with Crippen LogP contribution in [0.25, 0.3) is 0 Å². The van der Waals surface area contributed by atoms with E-state index in [1.54, 1.807) is 16.7 Å². The molecule has 1 unspecified atom stereocenters. The Kier molecular flexibility index (Phi) is 5.76. The lowest BCUT2D eigenvalue weighted by atomic mass is 9.88. The number of halogens is 1. The van der Waals surface area contributed by atoms with Crippen molar-refractivity contribution >= 4 is 46.2 Å². The van der Waals surface area contributed by atoms with E-state index >= 15 is 0 Å². The van der Waals surface area contributed by atoms with Crippen LogP contribution in [0.5, 0.6) is 0 Å². The first-order valence-electron chi connectivity index (χ1n) is 8.35. The van der Waals surface area contributed by atoms with Crippen molar-refractivity contribution in [2.75, 3.05) is 11.9 Å². The fourth-order valence-corrected chi connectivity index (χ4v) is 4.36. The van der Waals surface area contributed by atoms with E-state index in [2.05, 4.69) is 12.2 Å². The van der Waals surface area contributed by atoms with Gasteiger partial charge in [-0.15, -0.1) is 11.3 Å². The number of carbonyl (C=O) groups excluding carboxylic acids is 2. The zero-order chi connectivity index (χ0) is 19.6. The predicted molar refractivity (Wildman–Crippen MR) is 103 cm³/mol. The van der Waals surface area contributed by atoms with Crippen LogP contribution in [0.4, 0.5) is 11.4 Å². The first-order chi connectivity index (χ1) is 12.8. The number of nitrogens with one attached hydrogen (secondary N) is 1. The van der Waals surface area contributed by atoms with E-state index in [0.29, 0.717) is 11.5 Å². The Morgan fingerprint density at radius 1 is 1.44 bits per heavy atom. The Labute approximate surface area is 164 Å². The number of carbonyl (C=O) groups is 2. The SMILES string of the molecule is CC1CCc2c(C(=O)OCC(=O)Nc3cc([N+](=O)[O-])ccc3Cl)csc2C1. The van der Waals surface area contributed by atoms with Crippen molar-refractivity contribution in [2.24, 2.45) is 5.92 Å². The van der Waals surface area contributed by atoms with Crippen molar-refractivity contribution in [3.63, 3.8) is 0 Å². The lowest BCUT2D eigenvalue weighted by molar-refractivity contribution is -0.384. The number of nitrogens with zero attached hydrogens (tertiary/aromatic N) is 1. The molecule has 0 saturated heterocycles. The molecule has 1 atom stereocenters. The van der Waals surface area contributed by atoms with E-state index in [1.165, 1.54) is 17.0 Å². The summed E-state index contributed by atoms with van der Waals surface area (Å²) in [6.45, 7) is 1.68. The molecule has 1 aromatic heterocycles. The Balaban J connectivity index is 1.61. The maximum absolute atomic E-state index is 12.3. The van der Waals surface area contributed by atoms with Gasteiger partial charge in [-0.05, 0) is 36.8 Å². The number of nitro groups is 1. The largest absolute Gasteiger partial charge is 0.452 e. The van der Waals surface area contributed by atoms with Crippen LogP contribution in [0, 0.1) is 16.0 Å². The molecule has 1 N–H and O–H groups in total. The van der Waals surface area contributed by atoms with E-state index in [0.717, 1.165) is 30.9 Å². The van der Waals surface area contributed by atoms with E-state index in [4.69, 9.17) is 16.3 Å². The smallest absolute Gasteiger partial charge is 0.339 e. The monoisotopic (exact) mass is 408 g/mol. The molecule has 9 heteroatoms. The first-order valence-corrected chi connectivity index (χ1v) is 9.61. The van der Waals surface area contributed by atoms with E-state index in [9.17, 15) is 19.7 Å². The number of thiophene rings is 1. The number of benzene rings is 1. The van der Waals surface area contributed by atoms with Crippen molar-refractivity contribution in [1.82, 2.24) is 0 Å². The number of ether oxygens (including phenoxy) is 1. The summed E-state index contributed by atoms with van der Waals surface area (Å²) >= 11 is 7.48. The van der Waals surface area contributed by atoms with Crippen LogP contribution in [0.3, 0.4) is 0 Å². The number of hydrogen-bond donors (Lipinski definition) is 1. The van der Waals surface area contributed by atoms with Crippen LogP contribution >= 0.6 is 22.9 Å². The van der Waals surface area contributed by atoms with Crippen molar-refractivity contribution in [1.29, 1.82) is 0 Å². The number of amides is 1. The molecule has 0 saturated carbocycles. The Morgan fingerprint density at radius 3 is 2.96 bits per heavy atom. The summed E-state index contributed by atoms with van der Waals surface area (Å²) in [4.78, 5) is 35.8. The number of esters is 1. The molecular weight excluding hydrogens is 392 g/mol. The number of hydrogen-bond acceptors (Lipinski definition) is 6. The molecule has 0 bridgehead atoms. The van der Waals surface area contributed by atoms with Gasteiger partial charge in [-0.2, -0.15) is 0 Å². The van der Waals surface area contributed by atoms with Crippen LogP contribution in [0.1, 0.15) is 34.1 Å². The molecule has 142 valence electrons. The molecule has 1 amide bonds. The second kappa shape index (κ2) is 8.06. The molecule has 0 aliphatic heterocycles. The first kappa shape index (κ1) is 19.3. The zero-order valence-electron chi connectivity index (χ0n) is 14.5. The topological polar surface area (TPSA) is 98.5 Å². The number of rotatable bonds is 5. The van der Waals surface area contributed by atoms with Gasteiger partial charge in [0, 0.05) is 22.4 Å². The number of nitro benzene ring substituents is 1. The quantitative estimate of drug-likeness (QED) is 0.453. The summed E-state index contributed by atoms with van der Waals surface area (Å²) in [5.74, 6) is -0.559. The second-order valence-electron chi connectivity index (χ2n) is 6.44. The van der Waals surface area contributed by atoms with Gasteiger partial charge >= 0.3 is 5.97 Å². The van der Waals surface area contributed by atoms with E-state index in [1.807, 2.05) is 0 Å². The van der Waals surface area contributed by atoms with Gasteiger partial charge in [-0.1, -0.05) is 18.5 Å². The Hall–Kier alpha value is -2.45. The maximum Gasteiger partial charge on any atom is 0.339 e. The molecule has 7 nitrogen and oxygen atoms in total. The number of fused-ring (bicyclic) bond motifs is 1. The molecule has 1 heterocycles. The predicted octanol–water partition coefficient (Wildman–Crippen LogP) is 4.23. The van der Waals surface area contributed by atoms with E-state index < -0.39 is 23.4 Å². The fourth-order valence-electron chi connectivity index (χ4n) is 2.97. The normalized spacial score (nSPS) is 15.7. The average molecular weight is 409 g/mol. The molecule has 1 aliphatic carbocycles. The minimum absolute atomic E-state index is 0.0915. The third-order valence-corrected chi connectivity index (χ3v) is 5.77. The Morgan fingerprint density at radius 2 is 2.22 bits per heavy atom. The molecule has 2 aromatic rings. The van der Waals surface area contributed by atoms with Gasteiger partial charge < -0.3 is 10.1 Å². The summed E-state index contributed by atoms with van der Waals surface area (Å²) < 4.78 is 5.11. The van der Waals surface area contributed by atoms with Gasteiger partial charge in [0.15, 0.2) is 6.61 Å². The lowest BCUT2D eigenvalue weighted by Crippen LogP contribution is -2.22. The van der Waals surface area contributed by atoms with Crippen LogP contribution in [0.15, 0.2) is 23.6 Å². The van der Waals surface area contributed by atoms with Crippen LogP contribution in [-0.2, 0) is 22.4 Å². The minimum atomic E-state index is -0.622. The highest BCUT2D eigenvalue weighted by atomic mass is 35.5. The fraction of sp³-hybridized carbons (Fsp3) is 0.333. The highest BCUT2D eigenvalue weighted by Crippen LogP contribution is 2.33. The highest BCUT2D eigenvalue weighted by molar-refractivity contribution is 7.10. The molecule has 27 heavy (non-hydrogen) atoms. The number of non-ortho nitro benzene ring substituents is 1. The van der Waals surface area contributed by atoms with Gasteiger partial charge in [0.05, 0.1) is 21.2 Å². The molecule has 1 aromatic carbocycles. The molecule has 3 rings (SSSR count). The molecule has 0 spiro atoms. The summed E-state index contributed by atoms with van der Waals surface area (Å²) in [6, 6.07) is 3.71. The minimum Gasteiger partial charge on any atom is -0.452 e. The maximum atomic E-state index is 12.3. The van der Waals surface area contributed by atoms with Crippen LogP contribution < -0.4 is 5.32 Å². The summed E-state index contributed by atoms with van der Waals surface area (Å²) in [7, 11) is 0. The van der Waals surface area contributed by atoms with Gasteiger partial charge in [0.1, 0.15) is 0 Å². The molecule has 0 fully saturated rings. The van der Waals surface area contributed by atoms with Crippen molar-refractivity contribution < 1.29 is 19.2 Å². The number of anilines is 1. The summed E-state index contributed by atoms with van der Waals surface area (Å²) in [5, 5.41) is 15.2. The van der Waals surface area contributed by atoms with Gasteiger partial charge in [-0.25, -0.2) is 4.79 Å². The standard InChI is InChI=1S/C18H17ClN2O5S/c1-10-2-4-12-13(9-27-16(12)6-10)18(23)26-8-17(22)20-15-7-11(21(24)25)3-5-14(15)19/h3,5,7,9-10H,2,4,6,8H2,1H3,(H,20,22). The summed E-state index contributed by atoms with van der Waals surface area (Å²) in [5.41, 5.74) is 1.42. The lowest BCUT2D eigenvalue weighted by Gasteiger charge is -2.18. The second-order valence-corrected chi connectivity index (χ2v) is 7.82. The Bertz CT molecular complexity index is 911. The third kappa shape index (κ3) is 4.45. The van der Waals surface area contributed by atoms with Crippen molar-refractivity contribution in [3.05, 3.63) is 54.7 Å². The van der Waals surface area contributed by atoms with Gasteiger partial charge in [-0.3, -0.25) is 14.9 Å².